The van der Waals surface area contributed by atoms with E-state index >= 15 is 0 Å². The van der Waals surface area contributed by atoms with E-state index < -0.39 is 42.6 Å². The Hall–Kier alpha value is -2.48. The molecule has 0 bridgehead atoms. The van der Waals surface area contributed by atoms with Crippen molar-refractivity contribution in [3.8, 4) is 5.75 Å². The molecule has 2 aromatic rings. The number of ether oxygens (including phenoxy) is 1. The van der Waals surface area contributed by atoms with Crippen molar-refractivity contribution in [2.24, 2.45) is 0 Å². The summed E-state index contributed by atoms with van der Waals surface area (Å²) in [5.41, 5.74) is -1.16. The quantitative estimate of drug-likeness (QED) is 0.618. The molecule has 1 heterocycles. The first-order valence-electron chi connectivity index (χ1n) is 7.22. The van der Waals surface area contributed by atoms with Gasteiger partial charge in [0.1, 0.15) is 16.3 Å². The maximum absolute atomic E-state index is 12.6. The number of anilines is 2. The van der Waals surface area contributed by atoms with E-state index in [0.29, 0.717) is 6.07 Å². The van der Waals surface area contributed by atoms with Gasteiger partial charge in [0.15, 0.2) is 5.82 Å². The molecule has 1 aromatic heterocycles. The minimum Gasteiger partial charge on any atom is -0.495 e. The Balaban J connectivity index is 2.34. The van der Waals surface area contributed by atoms with Crippen LogP contribution in [-0.4, -0.2) is 39.9 Å². The number of hydrogen-bond acceptors (Lipinski definition) is 6. The summed E-state index contributed by atoms with van der Waals surface area (Å²) in [5.74, 6) is -0.983. The number of aromatic amines is 1. The van der Waals surface area contributed by atoms with E-state index in [1.165, 1.54) is 13.0 Å². The third-order valence-corrected chi connectivity index (χ3v) is 5.93. The highest BCUT2D eigenvalue weighted by Crippen LogP contribution is 2.31. The Morgan fingerprint density at radius 3 is 2.33 bits per heavy atom. The van der Waals surface area contributed by atoms with Crippen molar-refractivity contribution < 1.29 is 34.7 Å². The molecule has 9 nitrogen and oxygen atoms in total. The molecule has 0 amide bonds. The van der Waals surface area contributed by atoms with Crippen LogP contribution in [0, 0.1) is 0 Å². The van der Waals surface area contributed by atoms with Gasteiger partial charge in [0.2, 0.25) is 10.0 Å². The zero-order valence-electron chi connectivity index (χ0n) is 14.0. The van der Waals surface area contributed by atoms with Crippen molar-refractivity contribution in [1.29, 1.82) is 0 Å². The standard InChI is InChI=1S/C13H15F3N4O5S2/c1-3-26(21,22)19-8-4-5-10(9(6-8)25-2)27(23,24)20-12-7-11(17-18-12)13(14,15)16/h4-7,19H,3H2,1-2H3,(H2,17,18,20). The molecule has 1 aromatic carbocycles. The maximum Gasteiger partial charge on any atom is 0.432 e. The number of methoxy groups -OCH3 is 1. The van der Waals surface area contributed by atoms with Crippen LogP contribution in [-0.2, 0) is 26.2 Å². The van der Waals surface area contributed by atoms with Gasteiger partial charge in [-0.3, -0.25) is 14.5 Å². The predicted octanol–water partition coefficient (Wildman–Crippen LogP) is 2.00. The highest BCUT2D eigenvalue weighted by molar-refractivity contribution is 7.93. The molecular weight excluding hydrogens is 413 g/mol. The average Bonchev–Trinajstić information content (AvgIpc) is 3.02. The van der Waals surface area contributed by atoms with Crippen LogP contribution >= 0.6 is 0 Å². The first-order valence-corrected chi connectivity index (χ1v) is 10.4. The number of benzene rings is 1. The molecule has 14 heteroatoms. The second-order valence-electron chi connectivity index (χ2n) is 5.14. The van der Waals surface area contributed by atoms with Crippen molar-refractivity contribution in [3.05, 3.63) is 30.0 Å². The van der Waals surface area contributed by atoms with E-state index in [-0.39, 0.29) is 17.2 Å². The minimum atomic E-state index is -4.72. The zero-order valence-corrected chi connectivity index (χ0v) is 15.6. The van der Waals surface area contributed by atoms with Crippen LogP contribution in [0.25, 0.3) is 0 Å². The number of halogens is 3. The van der Waals surface area contributed by atoms with Gasteiger partial charge < -0.3 is 4.74 Å². The van der Waals surface area contributed by atoms with Crippen molar-refractivity contribution in [2.75, 3.05) is 22.3 Å². The Morgan fingerprint density at radius 2 is 1.81 bits per heavy atom. The van der Waals surface area contributed by atoms with E-state index in [1.807, 2.05) is 4.72 Å². The van der Waals surface area contributed by atoms with Gasteiger partial charge in [-0.1, -0.05) is 0 Å². The van der Waals surface area contributed by atoms with Gasteiger partial charge in [-0.15, -0.1) is 0 Å². The molecule has 150 valence electrons. The van der Waals surface area contributed by atoms with Crippen LogP contribution in [0.2, 0.25) is 0 Å². The Morgan fingerprint density at radius 1 is 1.15 bits per heavy atom. The first-order chi connectivity index (χ1) is 12.4. The lowest BCUT2D eigenvalue weighted by molar-refractivity contribution is -0.141. The summed E-state index contributed by atoms with van der Waals surface area (Å²) in [4.78, 5) is -0.416. The molecule has 0 fully saturated rings. The smallest absolute Gasteiger partial charge is 0.432 e. The molecule has 0 spiro atoms. The number of H-pyrrole nitrogens is 1. The zero-order chi connectivity index (χ0) is 20.5. The molecule has 2 rings (SSSR count). The van der Waals surface area contributed by atoms with Crippen molar-refractivity contribution in [1.82, 2.24) is 10.2 Å². The molecular formula is C13H15F3N4O5S2. The molecule has 0 saturated heterocycles. The van der Waals surface area contributed by atoms with E-state index in [9.17, 15) is 30.0 Å². The van der Waals surface area contributed by atoms with Gasteiger partial charge in [0, 0.05) is 12.1 Å². The van der Waals surface area contributed by atoms with Crippen LogP contribution in [0.3, 0.4) is 0 Å². The van der Waals surface area contributed by atoms with Crippen LogP contribution < -0.4 is 14.2 Å². The van der Waals surface area contributed by atoms with Gasteiger partial charge >= 0.3 is 6.18 Å². The summed E-state index contributed by atoms with van der Waals surface area (Å²) in [6, 6.07) is 3.85. The molecule has 0 aliphatic heterocycles. The summed E-state index contributed by atoms with van der Waals surface area (Å²) in [7, 11) is -6.80. The molecule has 0 atom stereocenters. The molecule has 27 heavy (non-hydrogen) atoms. The fraction of sp³-hybridized carbons (Fsp3) is 0.308. The van der Waals surface area contributed by atoms with Gasteiger partial charge in [-0.2, -0.15) is 18.3 Å². The summed E-state index contributed by atoms with van der Waals surface area (Å²) < 4.78 is 94.8. The normalized spacial score (nSPS) is 12.6. The van der Waals surface area contributed by atoms with Gasteiger partial charge in [0.25, 0.3) is 10.0 Å². The predicted molar refractivity (Wildman–Crippen MR) is 90.5 cm³/mol. The topological polar surface area (TPSA) is 130 Å². The average molecular weight is 428 g/mol. The second-order valence-corrected chi connectivity index (χ2v) is 8.80. The summed E-state index contributed by atoms with van der Waals surface area (Å²) in [5, 5.41) is 4.94. The molecule has 0 aliphatic rings. The molecule has 0 unspecified atom stereocenters. The Kier molecular flexibility index (Phi) is 5.60. The van der Waals surface area contributed by atoms with Crippen molar-refractivity contribution in [3.63, 3.8) is 0 Å². The second kappa shape index (κ2) is 7.26. The lowest BCUT2D eigenvalue weighted by Gasteiger charge is -2.12. The number of nitrogens with zero attached hydrogens (tertiary/aromatic N) is 1. The van der Waals surface area contributed by atoms with Crippen LogP contribution in [0.4, 0.5) is 24.7 Å². The van der Waals surface area contributed by atoms with Gasteiger partial charge in [0.05, 0.1) is 18.6 Å². The monoisotopic (exact) mass is 428 g/mol. The van der Waals surface area contributed by atoms with Crippen LogP contribution in [0.1, 0.15) is 12.6 Å². The number of rotatable bonds is 7. The SMILES string of the molecule is CCS(=O)(=O)Nc1ccc(S(=O)(=O)Nc2cc(C(F)(F)F)[nH]n2)c(OC)c1. The van der Waals surface area contributed by atoms with Crippen LogP contribution in [0.5, 0.6) is 5.75 Å². The molecule has 3 N–H and O–H groups in total. The number of sulfonamides is 2. The van der Waals surface area contributed by atoms with E-state index in [0.717, 1.165) is 19.2 Å². The van der Waals surface area contributed by atoms with Crippen molar-refractivity contribution in [2.45, 2.75) is 18.0 Å². The van der Waals surface area contributed by atoms with Crippen molar-refractivity contribution >= 4 is 31.6 Å². The lowest BCUT2D eigenvalue weighted by Crippen LogP contribution is -2.16. The number of hydrogen-bond donors (Lipinski definition) is 3. The minimum absolute atomic E-state index is 0.0618. The number of nitrogens with one attached hydrogen (secondary N) is 3. The highest BCUT2D eigenvalue weighted by Gasteiger charge is 2.33. The molecule has 0 saturated carbocycles. The molecule has 0 aliphatic carbocycles. The largest absolute Gasteiger partial charge is 0.495 e. The third kappa shape index (κ3) is 5.03. The number of alkyl halides is 3. The lowest BCUT2D eigenvalue weighted by atomic mass is 10.3. The Labute approximate surface area is 153 Å². The van der Waals surface area contributed by atoms with E-state index in [1.54, 1.807) is 5.10 Å². The fourth-order valence-corrected chi connectivity index (χ4v) is 3.69. The summed E-state index contributed by atoms with van der Waals surface area (Å²) in [6.07, 6.45) is -4.72. The third-order valence-electron chi connectivity index (χ3n) is 3.23. The summed E-state index contributed by atoms with van der Waals surface area (Å²) in [6.45, 7) is 1.42. The first kappa shape index (κ1) is 20.8. The van der Waals surface area contributed by atoms with E-state index in [2.05, 4.69) is 9.82 Å². The molecule has 0 radical (unpaired) electrons. The van der Waals surface area contributed by atoms with Gasteiger partial charge in [-0.05, 0) is 19.1 Å². The summed E-state index contributed by atoms with van der Waals surface area (Å²) >= 11 is 0. The highest BCUT2D eigenvalue weighted by atomic mass is 32.2. The van der Waals surface area contributed by atoms with Crippen LogP contribution in [0.15, 0.2) is 29.2 Å². The van der Waals surface area contributed by atoms with Gasteiger partial charge in [-0.25, -0.2) is 16.8 Å². The Bertz CT molecular complexity index is 1030. The number of aromatic nitrogens is 2. The van der Waals surface area contributed by atoms with E-state index in [4.69, 9.17) is 4.74 Å². The fourth-order valence-electron chi connectivity index (χ4n) is 1.92. The maximum atomic E-state index is 12.6.